The van der Waals surface area contributed by atoms with Crippen LogP contribution < -0.4 is 9.47 Å². The Bertz CT molecular complexity index is 346. The Hall–Kier alpha value is -1.71. The van der Waals surface area contributed by atoms with Crippen molar-refractivity contribution in [2.75, 3.05) is 20.8 Å². The second-order valence-electron chi connectivity index (χ2n) is 2.79. The van der Waals surface area contributed by atoms with Gasteiger partial charge in [0.05, 0.1) is 20.8 Å². The van der Waals surface area contributed by atoms with E-state index in [1.165, 1.54) is 7.11 Å². The van der Waals surface area contributed by atoms with Crippen LogP contribution in [0.1, 0.15) is 17.3 Å². The van der Waals surface area contributed by atoms with Crippen molar-refractivity contribution in [2.24, 2.45) is 0 Å². The molecule has 0 saturated carbocycles. The van der Waals surface area contributed by atoms with Gasteiger partial charge in [-0.05, 0) is 19.1 Å². The number of methoxy groups -OCH3 is 2. The maximum Gasteiger partial charge on any atom is 0.341 e. The van der Waals surface area contributed by atoms with E-state index >= 15 is 0 Å². The monoisotopic (exact) mass is 210 g/mol. The maximum absolute atomic E-state index is 11.4. The Kier molecular flexibility index (Phi) is 3.97. The highest BCUT2D eigenvalue weighted by Gasteiger charge is 2.13. The third kappa shape index (κ3) is 2.62. The van der Waals surface area contributed by atoms with Crippen molar-refractivity contribution < 1.29 is 19.0 Å². The van der Waals surface area contributed by atoms with Crippen molar-refractivity contribution in [3.63, 3.8) is 0 Å². The molecular weight excluding hydrogens is 196 g/mol. The minimum atomic E-state index is -0.416. The van der Waals surface area contributed by atoms with E-state index in [-0.39, 0.29) is 0 Å². The maximum atomic E-state index is 11.4. The van der Waals surface area contributed by atoms with Crippen LogP contribution in [0.15, 0.2) is 18.2 Å². The molecule has 4 heteroatoms. The lowest BCUT2D eigenvalue weighted by atomic mass is 10.2. The van der Waals surface area contributed by atoms with Gasteiger partial charge in [0.2, 0.25) is 0 Å². The number of ether oxygens (including phenoxy) is 3. The van der Waals surface area contributed by atoms with E-state index in [0.29, 0.717) is 23.7 Å². The Labute approximate surface area is 88.8 Å². The van der Waals surface area contributed by atoms with Crippen LogP contribution in [0.25, 0.3) is 0 Å². The van der Waals surface area contributed by atoms with Gasteiger partial charge >= 0.3 is 5.97 Å². The van der Waals surface area contributed by atoms with Gasteiger partial charge in [-0.2, -0.15) is 0 Å². The zero-order valence-electron chi connectivity index (χ0n) is 9.07. The quantitative estimate of drug-likeness (QED) is 0.712. The lowest BCUT2D eigenvalue weighted by Gasteiger charge is -2.09. The summed E-state index contributed by atoms with van der Waals surface area (Å²) in [5, 5.41) is 0. The number of hydrogen-bond acceptors (Lipinski definition) is 4. The summed E-state index contributed by atoms with van der Waals surface area (Å²) >= 11 is 0. The van der Waals surface area contributed by atoms with Gasteiger partial charge in [-0.3, -0.25) is 0 Å². The van der Waals surface area contributed by atoms with E-state index in [0.717, 1.165) is 0 Å². The van der Waals surface area contributed by atoms with Gasteiger partial charge in [-0.25, -0.2) is 4.79 Å². The summed E-state index contributed by atoms with van der Waals surface area (Å²) in [6.45, 7) is 2.33. The second-order valence-corrected chi connectivity index (χ2v) is 2.79. The number of carbonyl (C=O) groups excluding carboxylic acids is 1. The van der Waals surface area contributed by atoms with Crippen LogP contribution in [0.2, 0.25) is 0 Å². The zero-order chi connectivity index (χ0) is 11.3. The average molecular weight is 210 g/mol. The van der Waals surface area contributed by atoms with Crippen molar-refractivity contribution in [1.82, 2.24) is 0 Å². The van der Waals surface area contributed by atoms with Gasteiger partial charge in [0.15, 0.2) is 0 Å². The summed E-state index contributed by atoms with van der Waals surface area (Å²) in [6, 6.07) is 4.97. The molecule has 0 heterocycles. The Morgan fingerprint density at radius 2 is 2.07 bits per heavy atom. The first-order chi connectivity index (χ1) is 7.22. The van der Waals surface area contributed by atoms with Gasteiger partial charge in [-0.1, -0.05) is 0 Å². The van der Waals surface area contributed by atoms with Crippen LogP contribution in [0.5, 0.6) is 11.5 Å². The molecule has 0 radical (unpaired) electrons. The standard InChI is InChI=1S/C11H14O4/c1-4-15-10-7-8(13-2)5-6-9(10)11(12)14-3/h5-7H,4H2,1-3H3. The van der Waals surface area contributed by atoms with Crippen LogP contribution in [0, 0.1) is 0 Å². The fourth-order valence-electron chi connectivity index (χ4n) is 1.18. The molecule has 1 aromatic rings. The fourth-order valence-corrected chi connectivity index (χ4v) is 1.18. The summed E-state index contributed by atoms with van der Waals surface area (Å²) in [5.74, 6) is 0.705. The SMILES string of the molecule is CCOc1cc(OC)ccc1C(=O)OC. The highest BCUT2D eigenvalue weighted by atomic mass is 16.5. The summed E-state index contributed by atoms with van der Waals surface area (Å²) in [6.07, 6.45) is 0. The fraction of sp³-hybridized carbons (Fsp3) is 0.364. The van der Waals surface area contributed by atoms with E-state index in [1.54, 1.807) is 25.3 Å². The molecule has 4 nitrogen and oxygen atoms in total. The first-order valence-electron chi connectivity index (χ1n) is 4.62. The molecule has 0 fully saturated rings. The lowest BCUT2D eigenvalue weighted by Crippen LogP contribution is -2.05. The van der Waals surface area contributed by atoms with Gasteiger partial charge < -0.3 is 14.2 Å². The molecule has 0 N–H and O–H groups in total. The molecule has 15 heavy (non-hydrogen) atoms. The molecule has 0 aliphatic rings. The molecular formula is C11H14O4. The van der Waals surface area contributed by atoms with Crippen molar-refractivity contribution in [1.29, 1.82) is 0 Å². The third-order valence-corrected chi connectivity index (χ3v) is 1.89. The minimum absolute atomic E-state index is 0.403. The number of benzene rings is 1. The first kappa shape index (κ1) is 11.4. The largest absolute Gasteiger partial charge is 0.497 e. The molecule has 0 amide bonds. The van der Waals surface area contributed by atoms with E-state index in [2.05, 4.69) is 4.74 Å². The molecule has 0 atom stereocenters. The summed E-state index contributed by atoms with van der Waals surface area (Å²) in [4.78, 5) is 11.4. The smallest absolute Gasteiger partial charge is 0.341 e. The van der Waals surface area contributed by atoms with E-state index in [1.807, 2.05) is 6.92 Å². The zero-order valence-corrected chi connectivity index (χ0v) is 9.07. The summed E-state index contributed by atoms with van der Waals surface area (Å²) in [7, 11) is 2.89. The molecule has 82 valence electrons. The number of hydrogen-bond donors (Lipinski definition) is 0. The van der Waals surface area contributed by atoms with Crippen molar-refractivity contribution >= 4 is 5.97 Å². The topological polar surface area (TPSA) is 44.8 Å². The number of carbonyl (C=O) groups is 1. The van der Waals surface area contributed by atoms with E-state index in [9.17, 15) is 4.79 Å². The molecule has 0 bridgehead atoms. The van der Waals surface area contributed by atoms with Crippen LogP contribution >= 0.6 is 0 Å². The molecule has 1 rings (SSSR count). The van der Waals surface area contributed by atoms with Crippen molar-refractivity contribution in [3.8, 4) is 11.5 Å². The van der Waals surface area contributed by atoms with Gasteiger partial charge in [0.25, 0.3) is 0 Å². The second kappa shape index (κ2) is 5.24. The van der Waals surface area contributed by atoms with Crippen LogP contribution in [0.4, 0.5) is 0 Å². The van der Waals surface area contributed by atoms with Crippen LogP contribution in [0.3, 0.4) is 0 Å². The highest BCUT2D eigenvalue weighted by Crippen LogP contribution is 2.25. The minimum Gasteiger partial charge on any atom is -0.497 e. The predicted molar refractivity (Wildman–Crippen MR) is 55.5 cm³/mol. The molecule has 1 aromatic carbocycles. The molecule has 0 saturated heterocycles. The van der Waals surface area contributed by atoms with Crippen LogP contribution in [-0.4, -0.2) is 26.8 Å². The van der Waals surface area contributed by atoms with Crippen molar-refractivity contribution in [2.45, 2.75) is 6.92 Å². The normalized spacial score (nSPS) is 9.53. The number of rotatable bonds is 4. The molecule has 0 spiro atoms. The predicted octanol–water partition coefficient (Wildman–Crippen LogP) is 1.88. The van der Waals surface area contributed by atoms with Crippen molar-refractivity contribution in [3.05, 3.63) is 23.8 Å². The molecule has 0 unspecified atom stereocenters. The summed E-state index contributed by atoms with van der Waals surface area (Å²) < 4.78 is 15.0. The van der Waals surface area contributed by atoms with Crippen LogP contribution in [-0.2, 0) is 4.74 Å². The molecule has 0 aliphatic carbocycles. The third-order valence-electron chi connectivity index (χ3n) is 1.89. The summed E-state index contributed by atoms with van der Waals surface area (Å²) in [5.41, 5.74) is 0.403. The Morgan fingerprint density at radius 3 is 2.60 bits per heavy atom. The van der Waals surface area contributed by atoms with Gasteiger partial charge in [0, 0.05) is 6.07 Å². The molecule has 0 aromatic heterocycles. The number of esters is 1. The van der Waals surface area contributed by atoms with E-state index < -0.39 is 5.97 Å². The highest BCUT2D eigenvalue weighted by molar-refractivity contribution is 5.92. The first-order valence-corrected chi connectivity index (χ1v) is 4.62. The molecule has 0 aliphatic heterocycles. The van der Waals surface area contributed by atoms with Gasteiger partial charge in [-0.15, -0.1) is 0 Å². The Morgan fingerprint density at radius 1 is 1.33 bits per heavy atom. The lowest BCUT2D eigenvalue weighted by molar-refractivity contribution is 0.0596. The Balaban J connectivity index is 3.08. The van der Waals surface area contributed by atoms with E-state index in [4.69, 9.17) is 9.47 Å². The van der Waals surface area contributed by atoms with Gasteiger partial charge in [0.1, 0.15) is 17.1 Å². The average Bonchev–Trinajstić information content (AvgIpc) is 2.28.